The molecule has 0 unspecified atom stereocenters. The van der Waals surface area contributed by atoms with E-state index in [0.29, 0.717) is 34.3 Å². The van der Waals surface area contributed by atoms with Crippen LogP contribution >= 0.6 is 22.9 Å². The van der Waals surface area contributed by atoms with Crippen molar-refractivity contribution in [1.82, 2.24) is 15.1 Å². The normalized spacial score (nSPS) is 16.4. The van der Waals surface area contributed by atoms with Crippen LogP contribution in [-0.2, 0) is 6.54 Å². The van der Waals surface area contributed by atoms with Gasteiger partial charge in [0.25, 0.3) is 11.8 Å². The van der Waals surface area contributed by atoms with Gasteiger partial charge in [-0.25, -0.2) is 4.79 Å². The number of hydrogen-bond acceptors (Lipinski definition) is 5. The zero-order chi connectivity index (χ0) is 31.4. The third-order valence-electron chi connectivity index (χ3n) is 8.22. The second-order valence-electron chi connectivity index (χ2n) is 11.4. The van der Waals surface area contributed by atoms with Gasteiger partial charge in [-0.05, 0) is 84.7 Å². The number of ether oxygens (including phenoxy) is 1. The van der Waals surface area contributed by atoms with Gasteiger partial charge in [-0.1, -0.05) is 41.9 Å². The maximum Gasteiger partial charge on any atom is 0.404 e. The van der Waals surface area contributed by atoms with Crippen LogP contribution in [0.25, 0.3) is 21.2 Å². The summed E-state index contributed by atoms with van der Waals surface area (Å²) in [6, 6.07) is 21.1. The zero-order valence-corrected chi connectivity index (χ0v) is 26.6. The molecular formula is C34H36ClN3O5S. The monoisotopic (exact) mass is 633 g/mol. The van der Waals surface area contributed by atoms with Gasteiger partial charge in [0.15, 0.2) is 0 Å². The Balaban J connectivity index is 1.46. The van der Waals surface area contributed by atoms with E-state index >= 15 is 0 Å². The van der Waals surface area contributed by atoms with Gasteiger partial charge in [-0.2, -0.15) is 0 Å². The molecule has 0 spiro atoms. The lowest BCUT2D eigenvalue weighted by Gasteiger charge is -2.37. The third-order valence-corrected chi connectivity index (χ3v) is 9.88. The first-order valence-corrected chi connectivity index (χ1v) is 15.8. The molecule has 0 aliphatic heterocycles. The van der Waals surface area contributed by atoms with Gasteiger partial charge in [0.1, 0.15) is 10.6 Å². The number of amides is 3. The standard InChI is InChI=1S/C34H36ClN3O5S/c1-37(2)32(39)24-12-10-23(11-13-24)25-16-22(17-27(18-25)43-3)20-38(26-14-8-21(9-15-26)19-36-34(41)42)33(40)31-30(35)28-6-4-5-7-29(28)44-31/h4-7,10-13,16-18,21,26,36H,8-9,14-15,19-20H2,1-3H3,(H,41,42). The largest absolute Gasteiger partial charge is 0.497 e. The molecule has 1 heterocycles. The molecule has 0 saturated heterocycles. The summed E-state index contributed by atoms with van der Waals surface area (Å²) in [6.45, 7) is 0.768. The molecule has 1 aromatic heterocycles. The van der Waals surface area contributed by atoms with E-state index in [1.54, 1.807) is 26.1 Å². The average Bonchev–Trinajstić information content (AvgIpc) is 3.38. The summed E-state index contributed by atoms with van der Waals surface area (Å²) in [6.07, 6.45) is 2.14. The molecule has 4 aromatic rings. The van der Waals surface area contributed by atoms with Gasteiger partial charge in [-0.3, -0.25) is 9.59 Å². The Bertz CT molecular complexity index is 1660. The Morgan fingerprint density at radius 2 is 1.66 bits per heavy atom. The molecule has 2 N–H and O–H groups in total. The van der Waals surface area contributed by atoms with Crippen LogP contribution in [0.1, 0.15) is 51.3 Å². The predicted molar refractivity (Wildman–Crippen MR) is 175 cm³/mol. The van der Waals surface area contributed by atoms with Gasteiger partial charge < -0.3 is 25.0 Å². The first-order valence-electron chi connectivity index (χ1n) is 14.6. The van der Waals surface area contributed by atoms with E-state index in [9.17, 15) is 14.4 Å². The van der Waals surface area contributed by atoms with Gasteiger partial charge in [0.2, 0.25) is 0 Å². The zero-order valence-electron chi connectivity index (χ0n) is 25.0. The molecule has 3 aromatic carbocycles. The van der Waals surface area contributed by atoms with Crippen molar-refractivity contribution in [2.75, 3.05) is 27.7 Å². The van der Waals surface area contributed by atoms with Gasteiger partial charge in [0.05, 0.1) is 12.1 Å². The minimum Gasteiger partial charge on any atom is -0.497 e. The molecule has 1 saturated carbocycles. The highest BCUT2D eigenvalue weighted by molar-refractivity contribution is 7.21. The first-order chi connectivity index (χ1) is 21.1. The molecule has 5 rings (SSSR count). The lowest BCUT2D eigenvalue weighted by Crippen LogP contribution is -2.43. The Morgan fingerprint density at radius 3 is 2.30 bits per heavy atom. The Kier molecular flexibility index (Phi) is 9.76. The molecule has 0 atom stereocenters. The summed E-state index contributed by atoms with van der Waals surface area (Å²) < 4.78 is 6.63. The third kappa shape index (κ3) is 7.00. The van der Waals surface area contributed by atoms with Crippen LogP contribution in [0.2, 0.25) is 5.02 Å². The highest BCUT2D eigenvalue weighted by atomic mass is 35.5. The molecule has 1 aliphatic carbocycles. The molecule has 44 heavy (non-hydrogen) atoms. The van der Waals surface area contributed by atoms with Crippen LogP contribution in [0, 0.1) is 5.92 Å². The highest BCUT2D eigenvalue weighted by Gasteiger charge is 2.32. The van der Waals surface area contributed by atoms with Crippen molar-refractivity contribution in [3.8, 4) is 16.9 Å². The minimum atomic E-state index is -1.02. The summed E-state index contributed by atoms with van der Waals surface area (Å²) in [7, 11) is 5.07. The highest BCUT2D eigenvalue weighted by Crippen LogP contribution is 2.38. The van der Waals surface area contributed by atoms with E-state index < -0.39 is 6.09 Å². The quantitative estimate of drug-likeness (QED) is 0.200. The molecule has 10 heteroatoms. The molecular weight excluding hydrogens is 598 g/mol. The number of carbonyl (C=O) groups excluding carboxylic acids is 2. The van der Waals surface area contributed by atoms with Crippen molar-refractivity contribution in [2.45, 2.75) is 38.3 Å². The minimum absolute atomic E-state index is 0.0316. The second-order valence-corrected chi connectivity index (χ2v) is 12.8. The molecule has 0 radical (unpaired) electrons. The fourth-order valence-electron chi connectivity index (χ4n) is 5.84. The van der Waals surface area contributed by atoms with Crippen LogP contribution in [0.5, 0.6) is 5.75 Å². The number of carboxylic acid groups (broad SMARTS) is 1. The number of methoxy groups -OCH3 is 1. The topological polar surface area (TPSA) is 99.2 Å². The number of nitrogens with zero attached hydrogens (tertiary/aromatic N) is 2. The summed E-state index contributed by atoms with van der Waals surface area (Å²) >= 11 is 8.20. The first kappa shape index (κ1) is 31.3. The van der Waals surface area contributed by atoms with Crippen molar-refractivity contribution in [3.05, 3.63) is 87.8 Å². The van der Waals surface area contributed by atoms with E-state index in [1.165, 1.54) is 11.3 Å². The maximum absolute atomic E-state index is 14.3. The summed E-state index contributed by atoms with van der Waals surface area (Å²) in [5.74, 6) is 0.726. The average molecular weight is 634 g/mol. The van der Waals surface area contributed by atoms with Crippen LogP contribution < -0.4 is 10.1 Å². The fraction of sp³-hybridized carbons (Fsp3) is 0.324. The number of thiophene rings is 1. The summed E-state index contributed by atoms with van der Waals surface area (Å²) in [5, 5.41) is 12.9. The molecule has 0 bridgehead atoms. The molecule has 1 fully saturated rings. The maximum atomic E-state index is 14.3. The van der Waals surface area contributed by atoms with Crippen LogP contribution in [0.15, 0.2) is 66.7 Å². The van der Waals surface area contributed by atoms with Crippen molar-refractivity contribution in [3.63, 3.8) is 0 Å². The van der Waals surface area contributed by atoms with E-state index in [0.717, 1.165) is 52.5 Å². The molecule has 8 nitrogen and oxygen atoms in total. The number of benzene rings is 3. The lowest BCUT2D eigenvalue weighted by molar-refractivity contribution is 0.0594. The van der Waals surface area contributed by atoms with Crippen LogP contribution in [0.4, 0.5) is 4.79 Å². The number of nitrogens with one attached hydrogen (secondary N) is 1. The van der Waals surface area contributed by atoms with Crippen LogP contribution in [-0.4, -0.2) is 66.6 Å². The lowest BCUT2D eigenvalue weighted by atomic mass is 9.85. The predicted octanol–water partition coefficient (Wildman–Crippen LogP) is 7.40. The Labute approximate surface area is 266 Å². The summed E-state index contributed by atoms with van der Waals surface area (Å²) in [4.78, 5) is 41.7. The smallest absolute Gasteiger partial charge is 0.404 e. The van der Waals surface area contributed by atoms with Gasteiger partial charge in [0, 0.05) is 48.9 Å². The van der Waals surface area contributed by atoms with Crippen LogP contribution in [0.3, 0.4) is 0 Å². The van der Waals surface area contributed by atoms with Crippen molar-refractivity contribution >= 4 is 50.9 Å². The van der Waals surface area contributed by atoms with E-state index in [-0.39, 0.29) is 23.8 Å². The molecule has 230 valence electrons. The van der Waals surface area contributed by atoms with Crippen molar-refractivity contribution in [1.29, 1.82) is 0 Å². The number of fused-ring (bicyclic) bond motifs is 1. The van der Waals surface area contributed by atoms with E-state index in [4.69, 9.17) is 21.4 Å². The van der Waals surface area contributed by atoms with Gasteiger partial charge >= 0.3 is 6.09 Å². The molecule has 3 amide bonds. The van der Waals surface area contributed by atoms with E-state index in [1.807, 2.05) is 65.6 Å². The van der Waals surface area contributed by atoms with Gasteiger partial charge in [-0.15, -0.1) is 11.3 Å². The second kappa shape index (κ2) is 13.7. The number of rotatable bonds is 9. The number of hydrogen-bond donors (Lipinski definition) is 2. The number of halogens is 1. The Morgan fingerprint density at radius 1 is 0.955 bits per heavy atom. The van der Waals surface area contributed by atoms with E-state index in [2.05, 4.69) is 11.4 Å². The van der Waals surface area contributed by atoms with Crippen molar-refractivity contribution < 1.29 is 24.2 Å². The molecule has 1 aliphatic rings. The fourth-order valence-corrected chi connectivity index (χ4v) is 7.31. The SMILES string of the molecule is COc1cc(CN(C(=O)c2sc3ccccc3c2Cl)C2CCC(CNC(=O)O)CC2)cc(-c2ccc(C(=O)N(C)C)cc2)c1. The Hall–Kier alpha value is -4.08. The van der Waals surface area contributed by atoms with Crippen molar-refractivity contribution in [2.24, 2.45) is 5.92 Å². The number of carbonyl (C=O) groups is 3. The summed E-state index contributed by atoms with van der Waals surface area (Å²) in [5.41, 5.74) is 3.36.